The number of rotatable bonds is 9. The van der Waals surface area contributed by atoms with Crippen molar-refractivity contribution in [2.24, 2.45) is 0 Å². The van der Waals surface area contributed by atoms with Crippen molar-refractivity contribution in [3.8, 4) is 11.5 Å². The molecule has 0 radical (unpaired) electrons. The first-order valence-corrected chi connectivity index (χ1v) is 11.9. The van der Waals surface area contributed by atoms with Gasteiger partial charge in [-0.25, -0.2) is 16.8 Å². The number of nitrogens with one attached hydrogen (secondary N) is 1. The summed E-state index contributed by atoms with van der Waals surface area (Å²) in [6.07, 6.45) is 0. The van der Waals surface area contributed by atoms with Crippen LogP contribution in [0.15, 0.2) is 46.2 Å². The Balaban J connectivity index is 2.48. The highest BCUT2D eigenvalue weighted by molar-refractivity contribution is 7.92. The van der Waals surface area contributed by atoms with Crippen LogP contribution in [0.1, 0.15) is 13.8 Å². The fraction of sp³-hybridized carbons (Fsp3) is 0.333. The van der Waals surface area contributed by atoms with E-state index < -0.39 is 20.0 Å². The first-order chi connectivity index (χ1) is 13.6. The lowest BCUT2D eigenvalue weighted by Crippen LogP contribution is -2.30. The van der Waals surface area contributed by atoms with E-state index in [0.717, 1.165) is 0 Å². The molecule has 2 aromatic rings. The summed E-state index contributed by atoms with van der Waals surface area (Å²) in [5.41, 5.74) is 0.0573. The standard InChI is InChI=1S/C18H23ClN2O6S2/c1-5-21(6-2)29(24,25)18-9-13(7-8-17(18)19)20-28(22,23)16-11-14(26-3)10-15(12-16)27-4/h7-12,20H,5-6H2,1-4H3. The van der Waals surface area contributed by atoms with Gasteiger partial charge in [0.2, 0.25) is 10.0 Å². The summed E-state index contributed by atoms with van der Waals surface area (Å²) < 4.78 is 65.0. The molecule has 160 valence electrons. The number of hydrogen-bond donors (Lipinski definition) is 1. The molecule has 29 heavy (non-hydrogen) atoms. The van der Waals surface area contributed by atoms with Crippen molar-refractivity contribution in [2.45, 2.75) is 23.6 Å². The van der Waals surface area contributed by atoms with Crippen LogP contribution in [0, 0.1) is 0 Å². The quantitative estimate of drug-likeness (QED) is 0.614. The second-order valence-corrected chi connectivity index (χ2v) is 9.88. The zero-order valence-electron chi connectivity index (χ0n) is 16.5. The van der Waals surface area contributed by atoms with Gasteiger partial charge < -0.3 is 9.47 Å². The van der Waals surface area contributed by atoms with Crippen molar-refractivity contribution in [2.75, 3.05) is 32.0 Å². The molecule has 0 aliphatic carbocycles. The fourth-order valence-electron chi connectivity index (χ4n) is 2.62. The number of sulfonamides is 2. The molecular formula is C18H23ClN2O6S2. The summed E-state index contributed by atoms with van der Waals surface area (Å²) in [5, 5.41) is 0.00268. The summed E-state index contributed by atoms with van der Waals surface area (Å²) in [6, 6.07) is 8.12. The normalized spacial score (nSPS) is 12.1. The lowest BCUT2D eigenvalue weighted by molar-refractivity contribution is 0.392. The van der Waals surface area contributed by atoms with Crippen LogP contribution < -0.4 is 14.2 Å². The smallest absolute Gasteiger partial charge is 0.262 e. The third-order valence-electron chi connectivity index (χ3n) is 4.14. The van der Waals surface area contributed by atoms with Crippen molar-refractivity contribution in [3.05, 3.63) is 41.4 Å². The number of benzene rings is 2. The Labute approximate surface area is 176 Å². The Morgan fingerprint density at radius 3 is 1.97 bits per heavy atom. The molecule has 8 nitrogen and oxygen atoms in total. The van der Waals surface area contributed by atoms with Gasteiger partial charge in [-0.05, 0) is 18.2 Å². The molecule has 0 heterocycles. The highest BCUT2D eigenvalue weighted by Gasteiger charge is 2.26. The highest BCUT2D eigenvalue weighted by Crippen LogP contribution is 2.30. The molecule has 0 saturated carbocycles. The van der Waals surface area contributed by atoms with E-state index in [1.54, 1.807) is 13.8 Å². The van der Waals surface area contributed by atoms with Crippen molar-refractivity contribution in [1.29, 1.82) is 0 Å². The Bertz CT molecular complexity index is 1060. The molecule has 11 heteroatoms. The molecule has 2 rings (SSSR count). The number of methoxy groups -OCH3 is 2. The molecule has 0 unspecified atom stereocenters. The predicted octanol–water partition coefficient (Wildman–Crippen LogP) is 3.19. The lowest BCUT2D eigenvalue weighted by atomic mass is 10.3. The van der Waals surface area contributed by atoms with E-state index in [2.05, 4.69) is 4.72 Å². The molecule has 0 spiro atoms. The van der Waals surface area contributed by atoms with E-state index in [4.69, 9.17) is 21.1 Å². The minimum absolute atomic E-state index is 0.00268. The Morgan fingerprint density at radius 2 is 1.48 bits per heavy atom. The zero-order valence-corrected chi connectivity index (χ0v) is 18.9. The second-order valence-electron chi connectivity index (χ2n) is 5.89. The Hall–Kier alpha value is -2.01. The van der Waals surface area contributed by atoms with Gasteiger partial charge in [0, 0.05) is 31.3 Å². The Kier molecular flexibility index (Phi) is 7.39. The molecule has 0 atom stereocenters. The predicted molar refractivity (Wildman–Crippen MR) is 112 cm³/mol. The molecule has 0 aromatic heterocycles. The molecule has 0 saturated heterocycles. The van der Waals surface area contributed by atoms with Gasteiger partial charge >= 0.3 is 0 Å². The topological polar surface area (TPSA) is 102 Å². The van der Waals surface area contributed by atoms with Crippen molar-refractivity contribution >= 4 is 37.3 Å². The van der Waals surface area contributed by atoms with Crippen LogP contribution in [0.5, 0.6) is 11.5 Å². The maximum Gasteiger partial charge on any atom is 0.262 e. The third kappa shape index (κ3) is 5.13. The molecule has 2 aromatic carbocycles. The van der Waals surface area contributed by atoms with E-state index in [0.29, 0.717) is 11.5 Å². The number of nitrogens with zero attached hydrogens (tertiary/aromatic N) is 1. The third-order valence-corrected chi connectivity index (χ3v) is 8.03. The number of hydrogen-bond acceptors (Lipinski definition) is 6. The van der Waals surface area contributed by atoms with Crippen LogP contribution in [0.2, 0.25) is 5.02 Å². The minimum atomic E-state index is -4.05. The minimum Gasteiger partial charge on any atom is -0.497 e. The summed E-state index contributed by atoms with van der Waals surface area (Å²) in [7, 11) is -5.11. The van der Waals surface area contributed by atoms with Gasteiger partial charge in [0.15, 0.2) is 0 Å². The maximum atomic E-state index is 12.8. The van der Waals surface area contributed by atoms with Gasteiger partial charge in [0.05, 0.1) is 29.8 Å². The van der Waals surface area contributed by atoms with Crippen LogP contribution in [0.4, 0.5) is 5.69 Å². The van der Waals surface area contributed by atoms with E-state index in [1.807, 2.05) is 0 Å². The zero-order chi connectivity index (χ0) is 21.8. The van der Waals surface area contributed by atoms with Crippen LogP contribution in [-0.4, -0.2) is 48.4 Å². The first-order valence-electron chi connectivity index (χ1n) is 8.64. The molecule has 0 amide bonds. The summed E-state index contributed by atoms with van der Waals surface area (Å²) in [4.78, 5) is -0.275. The number of anilines is 1. The first kappa shape index (κ1) is 23.3. The van der Waals surface area contributed by atoms with Crippen LogP contribution in [0.3, 0.4) is 0 Å². The monoisotopic (exact) mass is 462 g/mol. The molecule has 1 N–H and O–H groups in total. The molecule has 0 aliphatic heterocycles. The molecular weight excluding hydrogens is 440 g/mol. The second kappa shape index (κ2) is 9.21. The average molecular weight is 463 g/mol. The highest BCUT2D eigenvalue weighted by atomic mass is 35.5. The van der Waals surface area contributed by atoms with E-state index in [1.165, 1.54) is 54.9 Å². The van der Waals surface area contributed by atoms with E-state index >= 15 is 0 Å². The summed E-state index contributed by atoms with van der Waals surface area (Å²) in [6.45, 7) is 3.93. The van der Waals surface area contributed by atoms with Crippen molar-refractivity contribution in [1.82, 2.24) is 4.31 Å². The van der Waals surface area contributed by atoms with Gasteiger partial charge in [0.1, 0.15) is 16.4 Å². The SMILES string of the molecule is CCN(CC)S(=O)(=O)c1cc(NS(=O)(=O)c2cc(OC)cc(OC)c2)ccc1Cl. The lowest BCUT2D eigenvalue weighted by Gasteiger charge is -2.20. The Morgan fingerprint density at radius 1 is 0.931 bits per heavy atom. The largest absolute Gasteiger partial charge is 0.497 e. The van der Waals surface area contributed by atoms with Gasteiger partial charge in [-0.1, -0.05) is 25.4 Å². The van der Waals surface area contributed by atoms with Crippen molar-refractivity contribution in [3.63, 3.8) is 0 Å². The van der Waals surface area contributed by atoms with Gasteiger partial charge in [0.25, 0.3) is 10.0 Å². The molecule has 0 aliphatic rings. The van der Waals surface area contributed by atoms with Gasteiger partial charge in [-0.3, -0.25) is 4.72 Å². The van der Waals surface area contributed by atoms with E-state index in [-0.39, 0.29) is 33.6 Å². The van der Waals surface area contributed by atoms with Gasteiger partial charge in [-0.2, -0.15) is 4.31 Å². The van der Waals surface area contributed by atoms with Crippen LogP contribution >= 0.6 is 11.6 Å². The molecule has 0 fully saturated rings. The average Bonchev–Trinajstić information content (AvgIpc) is 2.69. The maximum absolute atomic E-state index is 12.8. The van der Waals surface area contributed by atoms with Gasteiger partial charge in [-0.15, -0.1) is 0 Å². The molecule has 0 bridgehead atoms. The van der Waals surface area contributed by atoms with Crippen LogP contribution in [-0.2, 0) is 20.0 Å². The summed E-state index contributed by atoms with van der Waals surface area (Å²) >= 11 is 6.09. The van der Waals surface area contributed by atoms with Crippen molar-refractivity contribution < 1.29 is 26.3 Å². The summed E-state index contributed by atoms with van der Waals surface area (Å²) in [5.74, 6) is 0.594. The van der Waals surface area contributed by atoms with Crippen LogP contribution in [0.25, 0.3) is 0 Å². The fourth-order valence-corrected chi connectivity index (χ4v) is 5.67. The van der Waals surface area contributed by atoms with E-state index in [9.17, 15) is 16.8 Å². The number of ether oxygens (including phenoxy) is 2. The number of halogens is 1.